The number of halogens is 2. The van der Waals surface area contributed by atoms with Crippen LogP contribution >= 0.6 is 31.9 Å². The number of amides is 2. The van der Waals surface area contributed by atoms with Crippen LogP contribution < -0.4 is 10.6 Å². The molecule has 5 nitrogen and oxygen atoms in total. The summed E-state index contributed by atoms with van der Waals surface area (Å²) in [7, 11) is 0. The fourth-order valence-corrected chi connectivity index (χ4v) is 2.91. The molecule has 0 unspecified atom stereocenters. The molecule has 1 saturated carbocycles. The Kier molecular flexibility index (Phi) is 4.46. The summed E-state index contributed by atoms with van der Waals surface area (Å²) in [6.07, 6.45) is 2.28. The molecule has 0 radical (unpaired) electrons. The van der Waals surface area contributed by atoms with Gasteiger partial charge in [0.2, 0.25) is 0 Å². The zero-order valence-electron chi connectivity index (χ0n) is 9.87. The Balaban J connectivity index is 2.13. The minimum atomic E-state index is -1.10. The molecule has 7 heteroatoms. The number of carboxylic acids is 1. The molecule has 0 heterocycles. The highest BCUT2D eigenvalue weighted by Gasteiger charge is 2.22. The lowest BCUT2D eigenvalue weighted by molar-refractivity contribution is 0.0698. The molecule has 0 spiro atoms. The van der Waals surface area contributed by atoms with Crippen molar-refractivity contribution in [2.75, 3.05) is 11.9 Å². The van der Waals surface area contributed by atoms with Gasteiger partial charge in [0.05, 0.1) is 11.3 Å². The van der Waals surface area contributed by atoms with Crippen molar-refractivity contribution in [3.05, 3.63) is 26.6 Å². The van der Waals surface area contributed by atoms with E-state index >= 15 is 0 Å². The Morgan fingerprint density at radius 1 is 1.32 bits per heavy atom. The molecule has 2 amide bonds. The van der Waals surface area contributed by atoms with E-state index in [1.165, 1.54) is 6.07 Å². The number of rotatable bonds is 4. The van der Waals surface area contributed by atoms with E-state index in [9.17, 15) is 9.59 Å². The molecule has 0 saturated heterocycles. The number of urea groups is 1. The standard InChI is InChI=1S/C12H12Br2N2O3/c13-7-3-8(11(17)18)10(9(14)4-7)16-12(19)15-5-6-1-2-6/h3-4,6H,1-2,5H2,(H,17,18)(H2,15,16,19). The highest BCUT2D eigenvalue weighted by Crippen LogP contribution is 2.31. The molecule has 0 aromatic heterocycles. The Morgan fingerprint density at radius 2 is 2.00 bits per heavy atom. The van der Waals surface area contributed by atoms with Gasteiger partial charge in [-0.25, -0.2) is 9.59 Å². The number of hydrogen-bond acceptors (Lipinski definition) is 2. The third-order valence-electron chi connectivity index (χ3n) is 2.77. The zero-order valence-corrected chi connectivity index (χ0v) is 13.0. The van der Waals surface area contributed by atoms with Gasteiger partial charge in [-0.2, -0.15) is 0 Å². The molecule has 1 aliphatic rings. The van der Waals surface area contributed by atoms with Gasteiger partial charge in [0.25, 0.3) is 0 Å². The summed E-state index contributed by atoms with van der Waals surface area (Å²) in [6, 6.07) is 2.74. The van der Waals surface area contributed by atoms with Crippen LogP contribution in [0.2, 0.25) is 0 Å². The van der Waals surface area contributed by atoms with E-state index in [-0.39, 0.29) is 11.3 Å². The van der Waals surface area contributed by atoms with E-state index in [0.717, 1.165) is 12.8 Å². The number of anilines is 1. The van der Waals surface area contributed by atoms with Gasteiger partial charge in [-0.15, -0.1) is 0 Å². The normalized spacial score (nSPS) is 14.0. The van der Waals surface area contributed by atoms with Crippen LogP contribution in [0, 0.1) is 5.92 Å². The van der Waals surface area contributed by atoms with Crippen molar-refractivity contribution in [3.63, 3.8) is 0 Å². The Labute approximate surface area is 127 Å². The molecular weight excluding hydrogens is 380 g/mol. The van der Waals surface area contributed by atoms with Crippen LogP contribution in [0.3, 0.4) is 0 Å². The van der Waals surface area contributed by atoms with Gasteiger partial charge in [-0.05, 0) is 46.8 Å². The number of carbonyl (C=O) groups excluding carboxylic acids is 1. The lowest BCUT2D eigenvalue weighted by Crippen LogP contribution is -2.31. The molecule has 19 heavy (non-hydrogen) atoms. The number of benzene rings is 1. The first-order chi connectivity index (χ1) is 8.97. The van der Waals surface area contributed by atoms with Crippen molar-refractivity contribution < 1.29 is 14.7 Å². The van der Waals surface area contributed by atoms with Crippen LogP contribution in [0.5, 0.6) is 0 Å². The summed E-state index contributed by atoms with van der Waals surface area (Å²) >= 11 is 6.47. The monoisotopic (exact) mass is 390 g/mol. The first kappa shape index (κ1) is 14.3. The summed E-state index contributed by atoms with van der Waals surface area (Å²) in [5, 5.41) is 14.4. The molecular formula is C12H12Br2N2O3. The van der Waals surface area contributed by atoms with E-state index < -0.39 is 12.0 Å². The quantitative estimate of drug-likeness (QED) is 0.735. The molecule has 0 bridgehead atoms. The first-order valence-electron chi connectivity index (χ1n) is 5.74. The average molecular weight is 392 g/mol. The topological polar surface area (TPSA) is 78.4 Å². The lowest BCUT2D eigenvalue weighted by Gasteiger charge is -2.12. The van der Waals surface area contributed by atoms with Gasteiger partial charge in [-0.3, -0.25) is 0 Å². The SMILES string of the molecule is O=C(NCC1CC1)Nc1c(Br)cc(Br)cc1C(=O)O. The highest BCUT2D eigenvalue weighted by atomic mass is 79.9. The summed E-state index contributed by atoms with van der Waals surface area (Å²) in [6.45, 7) is 0.627. The van der Waals surface area contributed by atoms with Crippen molar-refractivity contribution >= 4 is 49.5 Å². The molecule has 1 fully saturated rings. The van der Waals surface area contributed by atoms with Gasteiger partial charge in [0.1, 0.15) is 0 Å². The van der Waals surface area contributed by atoms with Gasteiger partial charge in [0.15, 0.2) is 0 Å². The van der Waals surface area contributed by atoms with E-state index in [1.54, 1.807) is 6.07 Å². The van der Waals surface area contributed by atoms with E-state index in [2.05, 4.69) is 42.5 Å². The van der Waals surface area contributed by atoms with Crippen LogP contribution in [0.15, 0.2) is 21.1 Å². The molecule has 1 aromatic rings. The number of aromatic carboxylic acids is 1. The lowest BCUT2D eigenvalue weighted by atomic mass is 10.2. The molecule has 0 atom stereocenters. The van der Waals surface area contributed by atoms with E-state index in [1.807, 2.05) is 0 Å². The fraction of sp³-hybridized carbons (Fsp3) is 0.333. The van der Waals surface area contributed by atoms with Crippen molar-refractivity contribution in [1.29, 1.82) is 0 Å². The molecule has 2 rings (SSSR count). The summed E-state index contributed by atoms with van der Waals surface area (Å²) in [5.74, 6) is -0.530. The minimum absolute atomic E-state index is 0.0304. The van der Waals surface area contributed by atoms with Crippen LogP contribution in [-0.4, -0.2) is 23.7 Å². The number of nitrogens with one attached hydrogen (secondary N) is 2. The summed E-state index contributed by atoms with van der Waals surface area (Å²) in [4.78, 5) is 22.9. The predicted molar refractivity (Wildman–Crippen MR) is 78.5 cm³/mol. The van der Waals surface area contributed by atoms with Crippen LogP contribution in [0.1, 0.15) is 23.2 Å². The predicted octanol–water partition coefficient (Wildman–Crippen LogP) is 3.44. The third-order valence-corrected chi connectivity index (χ3v) is 3.86. The number of carbonyl (C=O) groups is 2. The van der Waals surface area contributed by atoms with Gasteiger partial charge in [-0.1, -0.05) is 15.9 Å². The maximum absolute atomic E-state index is 11.7. The molecule has 3 N–H and O–H groups in total. The maximum atomic E-state index is 11.7. The van der Waals surface area contributed by atoms with Gasteiger partial charge < -0.3 is 15.7 Å². The minimum Gasteiger partial charge on any atom is -0.478 e. The van der Waals surface area contributed by atoms with Crippen LogP contribution in [0.25, 0.3) is 0 Å². The summed E-state index contributed by atoms with van der Waals surface area (Å²) in [5.41, 5.74) is 0.284. The van der Waals surface area contributed by atoms with Crippen molar-refractivity contribution in [1.82, 2.24) is 5.32 Å². The Morgan fingerprint density at radius 3 is 2.58 bits per heavy atom. The zero-order chi connectivity index (χ0) is 14.0. The average Bonchev–Trinajstić information content (AvgIpc) is 3.13. The first-order valence-corrected chi connectivity index (χ1v) is 7.33. The largest absolute Gasteiger partial charge is 0.478 e. The molecule has 102 valence electrons. The second-order valence-electron chi connectivity index (χ2n) is 4.39. The maximum Gasteiger partial charge on any atom is 0.337 e. The second-order valence-corrected chi connectivity index (χ2v) is 6.16. The Hall–Kier alpha value is -1.08. The van der Waals surface area contributed by atoms with E-state index in [4.69, 9.17) is 5.11 Å². The molecule has 1 aliphatic carbocycles. The second kappa shape index (κ2) is 5.92. The smallest absolute Gasteiger partial charge is 0.337 e. The van der Waals surface area contributed by atoms with E-state index in [0.29, 0.717) is 21.4 Å². The third kappa shape index (κ3) is 3.94. The van der Waals surface area contributed by atoms with Crippen LogP contribution in [0.4, 0.5) is 10.5 Å². The Bertz CT molecular complexity index is 530. The van der Waals surface area contributed by atoms with Crippen molar-refractivity contribution in [2.24, 2.45) is 5.92 Å². The van der Waals surface area contributed by atoms with Crippen LogP contribution in [-0.2, 0) is 0 Å². The number of carboxylic acid groups (broad SMARTS) is 1. The molecule has 0 aliphatic heterocycles. The van der Waals surface area contributed by atoms with Crippen molar-refractivity contribution in [3.8, 4) is 0 Å². The summed E-state index contributed by atoms with van der Waals surface area (Å²) < 4.78 is 1.14. The highest BCUT2D eigenvalue weighted by molar-refractivity contribution is 9.11. The van der Waals surface area contributed by atoms with Gasteiger partial charge in [0, 0.05) is 15.5 Å². The number of hydrogen-bond donors (Lipinski definition) is 3. The van der Waals surface area contributed by atoms with Crippen molar-refractivity contribution in [2.45, 2.75) is 12.8 Å². The molecule has 1 aromatic carbocycles. The van der Waals surface area contributed by atoms with Gasteiger partial charge >= 0.3 is 12.0 Å². The fourth-order valence-electron chi connectivity index (χ4n) is 1.59.